The number of hydrogen-bond donors (Lipinski definition) is 2. The highest BCUT2D eigenvalue weighted by Crippen LogP contribution is 2.34. The first-order valence-corrected chi connectivity index (χ1v) is 8.40. The van der Waals surface area contributed by atoms with E-state index in [0.29, 0.717) is 25.3 Å². The van der Waals surface area contributed by atoms with E-state index in [1.165, 1.54) is 6.07 Å². The minimum Gasteiger partial charge on any atom is -0.443 e. The molecule has 2 aromatic rings. The number of H-pyrrole nitrogens is 2. The van der Waals surface area contributed by atoms with Gasteiger partial charge in [0.15, 0.2) is 0 Å². The van der Waals surface area contributed by atoms with Crippen molar-refractivity contribution in [3.63, 3.8) is 0 Å². The SMILES string of the molecule is CC(C)(C)OC(=O)N1CCN(Cc2cc(=O)[nH]c(=O)[nH]2)c2ccccc21. The van der Waals surface area contributed by atoms with Crippen molar-refractivity contribution in [3.8, 4) is 0 Å². The van der Waals surface area contributed by atoms with E-state index in [0.717, 1.165) is 11.4 Å². The number of carbonyl (C=O) groups is 1. The fraction of sp³-hybridized carbons (Fsp3) is 0.389. The van der Waals surface area contributed by atoms with Gasteiger partial charge in [-0.1, -0.05) is 12.1 Å². The van der Waals surface area contributed by atoms with Gasteiger partial charge in [-0.05, 0) is 32.9 Å². The maximum atomic E-state index is 12.5. The normalized spacial score (nSPS) is 14.1. The van der Waals surface area contributed by atoms with Crippen LogP contribution in [0.5, 0.6) is 0 Å². The highest BCUT2D eigenvalue weighted by molar-refractivity contribution is 5.93. The van der Waals surface area contributed by atoms with Crippen molar-refractivity contribution in [1.82, 2.24) is 9.97 Å². The first-order valence-electron chi connectivity index (χ1n) is 8.40. The minimum absolute atomic E-state index is 0.359. The zero-order chi connectivity index (χ0) is 18.9. The highest BCUT2D eigenvalue weighted by Gasteiger charge is 2.30. The summed E-state index contributed by atoms with van der Waals surface area (Å²) in [5, 5.41) is 0. The number of aromatic nitrogens is 2. The summed E-state index contributed by atoms with van der Waals surface area (Å²) in [5.74, 6) is 0. The van der Waals surface area contributed by atoms with Crippen LogP contribution in [0.3, 0.4) is 0 Å². The minimum atomic E-state index is -0.576. The molecule has 0 spiro atoms. The average Bonchev–Trinajstić information content (AvgIpc) is 2.52. The van der Waals surface area contributed by atoms with E-state index in [1.807, 2.05) is 49.9 Å². The molecule has 138 valence electrons. The molecule has 0 radical (unpaired) electrons. The van der Waals surface area contributed by atoms with Crippen LogP contribution in [-0.2, 0) is 11.3 Å². The molecule has 1 amide bonds. The lowest BCUT2D eigenvalue weighted by Gasteiger charge is -2.38. The van der Waals surface area contributed by atoms with Gasteiger partial charge in [0.05, 0.1) is 17.9 Å². The van der Waals surface area contributed by atoms with Crippen LogP contribution in [0.1, 0.15) is 26.5 Å². The molecule has 0 bridgehead atoms. The molecule has 0 aliphatic carbocycles. The van der Waals surface area contributed by atoms with Crippen molar-refractivity contribution in [2.45, 2.75) is 32.9 Å². The molecular formula is C18H22N4O4. The number of fused-ring (bicyclic) bond motifs is 1. The third-order valence-corrected chi connectivity index (χ3v) is 3.90. The molecule has 1 aromatic heterocycles. The Hall–Kier alpha value is -3.03. The van der Waals surface area contributed by atoms with Crippen molar-refractivity contribution in [3.05, 3.63) is 56.9 Å². The fourth-order valence-corrected chi connectivity index (χ4v) is 2.90. The molecule has 0 saturated heterocycles. The van der Waals surface area contributed by atoms with Gasteiger partial charge in [-0.2, -0.15) is 0 Å². The quantitative estimate of drug-likeness (QED) is 0.853. The highest BCUT2D eigenvalue weighted by atomic mass is 16.6. The predicted octanol–water partition coefficient (Wildman–Crippen LogP) is 1.82. The van der Waals surface area contributed by atoms with Crippen LogP contribution in [0.25, 0.3) is 0 Å². The number of hydrogen-bond acceptors (Lipinski definition) is 5. The van der Waals surface area contributed by atoms with E-state index < -0.39 is 22.9 Å². The van der Waals surface area contributed by atoms with Crippen LogP contribution in [0.4, 0.5) is 16.2 Å². The molecule has 0 atom stereocenters. The predicted molar refractivity (Wildman–Crippen MR) is 98.8 cm³/mol. The van der Waals surface area contributed by atoms with Gasteiger partial charge >= 0.3 is 11.8 Å². The maximum absolute atomic E-state index is 12.5. The number of amides is 1. The van der Waals surface area contributed by atoms with Crippen molar-refractivity contribution in [2.75, 3.05) is 22.9 Å². The third kappa shape index (κ3) is 3.96. The number of rotatable bonds is 2. The Kier molecular flexibility index (Phi) is 4.58. The number of nitrogens with zero attached hydrogens (tertiary/aromatic N) is 2. The lowest BCUT2D eigenvalue weighted by Crippen LogP contribution is -2.46. The smallest absolute Gasteiger partial charge is 0.414 e. The van der Waals surface area contributed by atoms with E-state index >= 15 is 0 Å². The lowest BCUT2D eigenvalue weighted by atomic mass is 10.1. The summed E-state index contributed by atoms with van der Waals surface area (Å²) >= 11 is 0. The number of nitrogens with one attached hydrogen (secondary N) is 2. The van der Waals surface area contributed by atoms with E-state index in [2.05, 4.69) is 9.97 Å². The van der Waals surface area contributed by atoms with Gasteiger partial charge in [0.2, 0.25) is 0 Å². The van der Waals surface area contributed by atoms with Crippen LogP contribution in [-0.4, -0.2) is 34.8 Å². The van der Waals surface area contributed by atoms with Crippen molar-refractivity contribution < 1.29 is 9.53 Å². The number of para-hydroxylation sites is 2. The first kappa shape index (κ1) is 17.8. The molecule has 8 heteroatoms. The van der Waals surface area contributed by atoms with E-state index in [1.54, 1.807) is 4.90 Å². The van der Waals surface area contributed by atoms with Gasteiger partial charge in [0.25, 0.3) is 5.56 Å². The molecule has 0 unspecified atom stereocenters. The van der Waals surface area contributed by atoms with Crippen molar-refractivity contribution in [2.24, 2.45) is 0 Å². The summed E-state index contributed by atoms with van der Waals surface area (Å²) in [6, 6.07) is 8.85. The summed E-state index contributed by atoms with van der Waals surface area (Å²) < 4.78 is 5.49. The Morgan fingerprint density at radius 1 is 1.12 bits per heavy atom. The molecule has 8 nitrogen and oxygen atoms in total. The molecular weight excluding hydrogens is 336 g/mol. The molecule has 2 heterocycles. The Morgan fingerprint density at radius 2 is 1.81 bits per heavy atom. The van der Waals surface area contributed by atoms with Crippen LogP contribution < -0.4 is 21.0 Å². The number of carbonyl (C=O) groups excluding carboxylic acids is 1. The second-order valence-electron chi connectivity index (χ2n) is 7.16. The fourth-order valence-electron chi connectivity index (χ4n) is 2.90. The monoisotopic (exact) mass is 358 g/mol. The van der Waals surface area contributed by atoms with E-state index in [9.17, 15) is 14.4 Å². The van der Waals surface area contributed by atoms with E-state index in [4.69, 9.17) is 4.74 Å². The zero-order valence-corrected chi connectivity index (χ0v) is 15.0. The van der Waals surface area contributed by atoms with Crippen LogP contribution in [0.2, 0.25) is 0 Å². The lowest BCUT2D eigenvalue weighted by molar-refractivity contribution is 0.0580. The molecule has 3 rings (SSSR count). The van der Waals surface area contributed by atoms with Gasteiger partial charge in [-0.15, -0.1) is 0 Å². The van der Waals surface area contributed by atoms with Gasteiger partial charge in [0, 0.05) is 24.8 Å². The van der Waals surface area contributed by atoms with Crippen molar-refractivity contribution in [1.29, 1.82) is 0 Å². The van der Waals surface area contributed by atoms with Gasteiger partial charge in [-0.3, -0.25) is 14.7 Å². The summed E-state index contributed by atoms with van der Waals surface area (Å²) in [6.45, 7) is 6.84. The molecule has 26 heavy (non-hydrogen) atoms. The van der Waals surface area contributed by atoms with Gasteiger partial charge in [-0.25, -0.2) is 9.59 Å². The largest absolute Gasteiger partial charge is 0.443 e. The number of benzene rings is 1. The summed E-state index contributed by atoms with van der Waals surface area (Å²) in [5.41, 5.74) is 0.538. The van der Waals surface area contributed by atoms with Crippen LogP contribution in [0.15, 0.2) is 39.9 Å². The Morgan fingerprint density at radius 3 is 2.46 bits per heavy atom. The third-order valence-electron chi connectivity index (χ3n) is 3.90. The topological polar surface area (TPSA) is 98.5 Å². The molecule has 0 saturated carbocycles. The van der Waals surface area contributed by atoms with E-state index in [-0.39, 0.29) is 0 Å². The summed E-state index contributed by atoms with van der Waals surface area (Å²) in [7, 11) is 0. The van der Waals surface area contributed by atoms with Gasteiger partial charge in [0.1, 0.15) is 5.60 Å². The number of aromatic amines is 2. The summed E-state index contributed by atoms with van der Waals surface area (Å²) in [6.07, 6.45) is -0.394. The maximum Gasteiger partial charge on any atom is 0.414 e. The number of anilines is 2. The number of ether oxygens (including phenoxy) is 1. The zero-order valence-electron chi connectivity index (χ0n) is 15.0. The standard InChI is InChI=1S/C18H22N4O4/c1-18(2,3)26-17(25)22-9-8-21(13-6-4-5-7-14(13)22)11-12-10-15(23)20-16(24)19-12/h4-7,10H,8-9,11H2,1-3H3,(H2,19,20,23,24). The van der Waals surface area contributed by atoms with Crippen molar-refractivity contribution >= 4 is 17.5 Å². The summed E-state index contributed by atoms with van der Waals surface area (Å²) in [4.78, 5) is 43.9. The Balaban J connectivity index is 1.88. The Labute approximate surface area is 150 Å². The first-order chi connectivity index (χ1) is 12.2. The second-order valence-corrected chi connectivity index (χ2v) is 7.16. The Bertz CT molecular complexity index is 897. The molecule has 2 N–H and O–H groups in total. The molecule has 1 aliphatic rings. The molecule has 1 aromatic carbocycles. The molecule has 0 fully saturated rings. The van der Waals surface area contributed by atoms with Gasteiger partial charge < -0.3 is 14.6 Å². The van der Waals surface area contributed by atoms with Crippen LogP contribution in [0, 0.1) is 0 Å². The van der Waals surface area contributed by atoms with Crippen LogP contribution >= 0.6 is 0 Å². The average molecular weight is 358 g/mol. The second kappa shape index (κ2) is 6.70. The molecule has 1 aliphatic heterocycles.